The first-order valence-corrected chi connectivity index (χ1v) is 9.04. The number of methoxy groups -OCH3 is 1. The van der Waals surface area contributed by atoms with E-state index < -0.39 is 0 Å². The second-order valence-electron chi connectivity index (χ2n) is 5.41. The minimum Gasteiger partial charge on any atom is -0.493 e. The minimum atomic E-state index is -0.255. The van der Waals surface area contributed by atoms with Crippen molar-refractivity contribution in [3.63, 3.8) is 0 Å². The van der Waals surface area contributed by atoms with Gasteiger partial charge in [-0.05, 0) is 37.1 Å². The number of hydrogen-bond donors (Lipinski definition) is 1. The summed E-state index contributed by atoms with van der Waals surface area (Å²) in [6, 6.07) is 5.58. The summed E-state index contributed by atoms with van der Waals surface area (Å²) < 4.78 is 11.1. The fourth-order valence-electron chi connectivity index (χ4n) is 2.11. The zero-order valence-electron chi connectivity index (χ0n) is 14.7. The van der Waals surface area contributed by atoms with Crippen molar-refractivity contribution in [3.05, 3.63) is 34.8 Å². The van der Waals surface area contributed by atoms with Gasteiger partial charge in [0.1, 0.15) is 5.01 Å². The van der Waals surface area contributed by atoms with E-state index in [2.05, 4.69) is 22.4 Å². The highest BCUT2D eigenvalue weighted by molar-refractivity contribution is 7.15. The maximum Gasteiger partial charge on any atom is 0.250 e. The van der Waals surface area contributed by atoms with Crippen molar-refractivity contribution < 1.29 is 14.3 Å². The van der Waals surface area contributed by atoms with E-state index in [1.807, 2.05) is 25.1 Å². The Labute approximate surface area is 151 Å². The first kappa shape index (κ1) is 18.9. The Morgan fingerprint density at radius 2 is 2.12 bits per heavy atom. The molecule has 2 aromatic rings. The lowest BCUT2D eigenvalue weighted by molar-refractivity contribution is -0.111. The van der Waals surface area contributed by atoms with E-state index in [-0.39, 0.29) is 5.91 Å². The second kappa shape index (κ2) is 9.78. The number of rotatable bonds is 9. The van der Waals surface area contributed by atoms with Gasteiger partial charge in [0.05, 0.1) is 13.7 Å². The van der Waals surface area contributed by atoms with Crippen LogP contribution in [0.25, 0.3) is 6.08 Å². The molecule has 1 aromatic heterocycles. The number of hydrogen-bond acceptors (Lipinski definition) is 6. The van der Waals surface area contributed by atoms with Gasteiger partial charge in [-0.15, -0.1) is 10.2 Å². The van der Waals surface area contributed by atoms with E-state index in [0.717, 1.165) is 29.8 Å². The molecule has 1 N–H and O–H groups in total. The van der Waals surface area contributed by atoms with Crippen LogP contribution in [0, 0.1) is 6.92 Å². The number of aryl methyl sites for hydroxylation is 1. The molecular formula is C18H23N3O3S. The molecule has 0 aliphatic rings. The van der Waals surface area contributed by atoms with Gasteiger partial charge in [0.2, 0.25) is 11.0 Å². The van der Waals surface area contributed by atoms with Crippen molar-refractivity contribution in [2.24, 2.45) is 0 Å². The van der Waals surface area contributed by atoms with Crippen LogP contribution in [-0.2, 0) is 4.79 Å². The highest BCUT2D eigenvalue weighted by Crippen LogP contribution is 2.28. The zero-order chi connectivity index (χ0) is 18.1. The van der Waals surface area contributed by atoms with Crippen LogP contribution >= 0.6 is 11.3 Å². The lowest BCUT2D eigenvalue weighted by atomic mass is 10.2. The Hall–Kier alpha value is -2.41. The van der Waals surface area contributed by atoms with Gasteiger partial charge in [0, 0.05) is 6.08 Å². The van der Waals surface area contributed by atoms with E-state index in [1.54, 1.807) is 13.2 Å². The molecule has 0 saturated carbocycles. The summed E-state index contributed by atoms with van der Waals surface area (Å²) in [6.45, 7) is 4.66. The normalized spacial score (nSPS) is 10.8. The predicted molar refractivity (Wildman–Crippen MR) is 100 cm³/mol. The Morgan fingerprint density at radius 3 is 2.80 bits per heavy atom. The monoisotopic (exact) mass is 361 g/mol. The molecule has 7 heteroatoms. The summed E-state index contributed by atoms with van der Waals surface area (Å²) >= 11 is 1.33. The van der Waals surface area contributed by atoms with Crippen molar-refractivity contribution in [1.82, 2.24) is 10.2 Å². The van der Waals surface area contributed by atoms with Crippen molar-refractivity contribution in [2.75, 3.05) is 19.0 Å². The second-order valence-corrected chi connectivity index (χ2v) is 6.60. The molecule has 1 aromatic carbocycles. The molecule has 134 valence electrons. The molecule has 6 nitrogen and oxygen atoms in total. The number of nitrogens with one attached hydrogen (secondary N) is 1. The molecule has 0 radical (unpaired) electrons. The molecule has 0 spiro atoms. The van der Waals surface area contributed by atoms with Crippen LogP contribution in [0.4, 0.5) is 5.13 Å². The number of nitrogens with zero attached hydrogens (tertiary/aromatic N) is 2. The van der Waals surface area contributed by atoms with Crippen LogP contribution in [0.15, 0.2) is 24.3 Å². The molecule has 0 unspecified atom stereocenters. The number of amides is 1. The van der Waals surface area contributed by atoms with Crippen LogP contribution < -0.4 is 14.8 Å². The van der Waals surface area contributed by atoms with Gasteiger partial charge in [0.25, 0.3) is 0 Å². The topological polar surface area (TPSA) is 73.3 Å². The average molecular weight is 361 g/mol. The van der Waals surface area contributed by atoms with E-state index in [1.165, 1.54) is 17.4 Å². The third-order valence-corrected chi connectivity index (χ3v) is 4.13. The van der Waals surface area contributed by atoms with Crippen LogP contribution in [0.3, 0.4) is 0 Å². The van der Waals surface area contributed by atoms with Crippen LogP contribution in [0.1, 0.15) is 36.8 Å². The number of carbonyl (C=O) groups is 1. The molecule has 1 heterocycles. The quantitative estimate of drug-likeness (QED) is 0.538. The Morgan fingerprint density at radius 1 is 1.28 bits per heavy atom. The SMILES string of the molecule is CCCCCOc1ccc(C=CC(=O)Nc2nnc(C)s2)cc1OC. The molecule has 0 bridgehead atoms. The summed E-state index contributed by atoms with van der Waals surface area (Å²) in [7, 11) is 1.60. The molecule has 1 amide bonds. The van der Waals surface area contributed by atoms with Crippen LogP contribution in [-0.4, -0.2) is 29.8 Å². The van der Waals surface area contributed by atoms with Crippen molar-refractivity contribution in [2.45, 2.75) is 33.1 Å². The van der Waals surface area contributed by atoms with Crippen molar-refractivity contribution >= 4 is 28.5 Å². The summed E-state index contributed by atoms with van der Waals surface area (Å²) in [6.07, 6.45) is 6.49. The molecule has 0 fully saturated rings. The zero-order valence-corrected chi connectivity index (χ0v) is 15.6. The molecule has 0 atom stereocenters. The van der Waals surface area contributed by atoms with Gasteiger partial charge < -0.3 is 9.47 Å². The molecular weight excluding hydrogens is 338 g/mol. The largest absolute Gasteiger partial charge is 0.493 e. The van der Waals surface area contributed by atoms with E-state index in [9.17, 15) is 4.79 Å². The standard InChI is InChI=1S/C18H23N3O3S/c1-4-5-6-11-24-15-9-7-14(12-16(15)23-3)8-10-17(22)19-18-21-20-13(2)25-18/h7-10,12H,4-6,11H2,1-3H3,(H,19,21,22). The number of benzene rings is 1. The first-order valence-electron chi connectivity index (χ1n) is 8.22. The molecule has 25 heavy (non-hydrogen) atoms. The fourth-order valence-corrected chi connectivity index (χ4v) is 2.70. The molecule has 0 aliphatic carbocycles. The third kappa shape index (κ3) is 6.19. The molecule has 0 saturated heterocycles. The maximum absolute atomic E-state index is 11.9. The Bertz CT molecular complexity index is 728. The molecule has 0 aliphatic heterocycles. The summed E-state index contributed by atoms with van der Waals surface area (Å²) in [5, 5.41) is 11.7. The predicted octanol–water partition coefficient (Wildman–Crippen LogP) is 4.08. The van der Waals surface area contributed by atoms with Gasteiger partial charge in [-0.3, -0.25) is 10.1 Å². The van der Waals surface area contributed by atoms with Gasteiger partial charge in [-0.2, -0.15) is 0 Å². The lowest BCUT2D eigenvalue weighted by Gasteiger charge is -2.11. The molecule has 2 rings (SSSR count). The number of unbranched alkanes of at least 4 members (excludes halogenated alkanes) is 2. The van der Waals surface area contributed by atoms with Gasteiger partial charge in [-0.25, -0.2) is 0 Å². The summed E-state index contributed by atoms with van der Waals surface area (Å²) in [4.78, 5) is 11.9. The summed E-state index contributed by atoms with van der Waals surface area (Å²) in [5.74, 6) is 1.11. The third-order valence-electron chi connectivity index (χ3n) is 3.38. The van der Waals surface area contributed by atoms with E-state index in [0.29, 0.717) is 23.2 Å². The van der Waals surface area contributed by atoms with Crippen molar-refractivity contribution in [1.29, 1.82) is 0 Å². The number of aromatic nitrogens is 2. The number of anilines is 1. The van der Waals surface area contributed by atoms with Crippen LogP contribution in [0.5, 0.6) is 11.5 Å². The number of ether oxygens (including phenoxy) is 2. The maximum atomic E-state index is 11.9. The first-order chi connectivity index (χ1) is 12.1. The highest BCUT2D eigenvalue weighted by atomic mass is 32.1. The number of carbonyl (C=O) groups excluding carboxylic acids is 1. The summed E-state index contributed by atoms with van der Waals surface area (Å²) in [5.41, 5.74) is 0.848. The lowest BCUT2D eigenvalue weighted by Crippen LogP contribution is -2.07. The van der Waals surface area contributed by atoms with Gasteiger partial charge in [-0.1, -0.05) is 37.2 Å². The Kier molecular flexibility index (Phi) is 7.40. The fraction of sp³-hybridized carbons (Fsp3) is 0.389. The minimum absolute atomic E-state index is 0.255. The van der Waals surface area contributed by atoms with Crippen molar-refractivity contribution in [3.8, 4) is 11.5 Å². The van der Waals surface area contributed by atoms with Gasteiger partial charge in [0.15, 0.2) is 11.5 Å². The average Bonchev–Trinajstić information content (AvgIpc) is 3.02. The highest BCUT2D eigenvalue weighted by Gasteiger charge is 2.06. The Balaban J connectivity index is 1.95. The van der Waals surface area contributed by atoms with Crippen LogP contribution in [0.2, 0.25) is 0 Å². The smallest absolute Gasteiger partial charge is 0.250 e. The van der Waals surface area contributed by atoms with Gasteiger partial charge >= 0.3 is 0 Å². The van der Waals surface area contributed by atoms with E-state index in [4.69, 9.17) is 9.47 Å². The van der Waals surface area contributed by atoms with E-state index >= 15 is 0 Å².